The van der Waals surface area contributed by atoms with Crippen molar-refractivity contribution in [2.75, 3.05) is 0 Å². The van der Waals surface area contributed by atoms with Gasteiger partial charge >= 0.3 is 7.12 Å². The minimum absolute atomic E-state index is 0.500. The molecule has 1 saturated carbocycles. The van der Waals surface area contributed by atoms with Crippen LogP contribution in [0.3, 0.4) is 0 Å². The van der Waals surface area contributed by atoms with Gasteiger partial charge in [0.2, 0.25) is 5.91 Å². The predicted molar refractivity (Wildman–Crippen MR) is 45.2 cm³/mol. The summed E-state index contributed by atoms with van der Waals surface area (Å²) in [4.78, 5) is 11.0. The van der Waals surface area contributed by atoms with Crippen molar-refractivity contribution in [1.29, 1.82) is 0 Å². The lowest BCUT2D eigenvalue weighted by Crippen LogP contribution is -2.44. The number of carbonyl (C=O) groups excluding carboxylic acids is 1. The van der Waals surface area contributed by atoms with Gasteiger partial charge in [0.15, 0.2) is 0 Å². The maximum atomic E-state index is 11.0. The van der Waals surface area contributed by atoms with Crippen LogP contribution in [0.15, 0.2) is 0 Å². The Morgan fingerprint density at radius 2 is 1.75 bits per heavy atom. The SMILES string of the molecule is NC(=O)C1(B(O)O)CCCCC1. The van der Waals surface area contributed by atoms with Crippen molar-refractivity contribution in [2.24, 2.45) is 5.73 Å². The average molecular weight is 171 g/mol. The zero-order chi connectivity index (χ0) is 9.19. The van der Waals surface area contributed by atoms with Crippen LogP contribution in [0.2, 0.25) is 5.31 Å². The molecule has 0 spiro atoms. The molecule has 0 aliphatic heterocycles. The van der Waals surface area contributed by atoms with E-state index in [1.807, 2.05) is 0 Å². The molecule has 4 N–H and O–H groups in total. The van der Waals surface area contributed by atoms with E-state index in [-0.39, 0.29) is 0 Å². The second kappa shape index (κ2) is 3.45. The Morgan fingerprint density at radius 3 is 2.00 bits per heavy atom. The standard InChI is InChI=1S/C7H14BNO3/c9-6(10)7(8(11)12)4-2-1-3-5-7/h11-12H,1-5H2,(H2,9,10). The first kappa shape index (κ1) is 9.54. The summed E-state index contributed by atoms with van der Waals surface area (Å²) in [5.41, 5.74) is 5.14. The second-order valence-electron chi connectivity index (χ2n) is 3.45. The Morgan fingerprint density at radius 1 is 1.25 bits per heavy atom. The normalized spacial score (nSPS) is 21.8. The minimum atomic E-state index is -1.60. The number of primary amides is 1. The first-order valence-electron chi connectivity index (χ1n) is 4.25. The lowest BCUT2D eigenvalue weighted by Gasteiger charge is -2.32. The molecule has 1 rings (SSSR count). The first-order valence-corrected chi connectivity index (χ1v) is 4.25. The molecule has 1 aliphatic rings. The van der Waals surface area contributed by atoms with Crippen molar-refractivity contribution in [3.05, 3.63) is 0 Å². The van der Waals surface area contributed by atoms with Crippen LogP contribution in [-0.4, -0.2) is 23.1 Å². The first-order chi connectivity index (χ1) is 5.59. The maximum absolute atomic E-state index is 11.0. The smallest absolute Gasteiger partial charge is 0.426 e. The maximum Gasteiger partial charge on any atom is 0.467 e. The average Bonchev–Trinajstić information content (AvgIpc) is 2.05. The molecule has 0 saturated heterocycles. The predicted octanol–water partition coefficient (Wildman–Crippen LogP) is -0.351. The van der Waals surface area contributed by atoms with Crippen LogP contribution in [0, 0.1) is 0 Å². The van der Waals surface area contributed by atoms with E-state index in [1.54, 1.807) is 0 Å². The van der Waals surface area contributed by atoms with E-state index in [4.69, 9.17) is 15.8 Å². The molecule has 1 aliphatic carbocycles. The molecule has 4 nitrogen and oxygen atoms in total. The van der Waals surface area contributed by atoms with Gasteiger partial charge in [0.05, 0.1) is 5.31 Å². The molecular weight excluding hydrogens is 157 g/mol. The summed E-state index contributed by atoms with van der Waals surface area (Å²) in [5, 5.41) is 17.0. The van der Waals surface area contributed by atoms with E-state index in [9.17, 15) is 4.79 Å². The molecule has 5 heteroatoms. The summed E-state index contributed by atoms with van der Waals surface area (Å²) < 4.78 is 0. The molecule has 12 heavy (non-hydrogen) atoms. The molecule has 0 aromatic rings. The highest BCUT2D eigenvalue weighted by atomic mass is 16.4. The number of hydrogen-bond donors (Lipinski definition) is 3. The Balaban J connectivity index is 2.77. The summed E-state index contributed by atoms with van der Waals surface area (Å²) in [6.45, 7) is 0. The number of carbonyl (C=O) groups is 1. The van der Waals surface area contributed by atoms with E-state index >= 15 is 0 Å². The van der Waals surface area contributed by atoms with Gasteiger partial charge in [-0.3, -0.25) is 4.79 Å². The summed E-state index contributed by atoms with van der Waals surface area (Å²) in [7, 11) is -1.60. The Bertz CT molecular complexity index is 177. The zero-order valence-electron chi connectivity index (χ0n) is 6.99. The summed E-state index contributed by atoms with van der Waals surface area (Å²) in [6.07, 6.45) is 3.74. The van der Waals surface area contributed by atoms with E-state index in [2.05, 4.69) is 0 Å². The van der Waals surface area contributed by atoms with Gasteiger partial charge in [-0.2, -0.15) is 0 Å². The van der Waals surface area contributed by atoms with Gasteiger partial charge in [-0.25, -0.2) is 0 Å². The van der Waals surface area contributed by atoms with Gasteiger partial charge in [0.25, 0.3) is 0 Å². The highest BCUT2D eigenvalue weighted by Crippen LogP contribution is 2.43. The molecule has 0 bridgehead atoms. The van der Waals surface area contributed by atoms with E-state index < -0.39 is 18.3 Å². The van der Waals surface area contributed by atoms with Crippen LogP contribution in [-0.2, 0) is 4.79 Å². The summed E-state index contributed by atoms with van der Waals surface area (Å²) in [5.74, 6) is -0.586. The molecule has 1 fully saturated rings. The van der Waals surface area contributed by atoms with E-state index in [0.29, 0.717) is 12.8 Å². The van der Waals surface area contributed by atoms with E-state index in [1.165, 1.54) is 0 Å². The second-order valence-corrected chi connectivity index (χ2v) is 3.45. The van der Waals surface area contributed by atoms with Gasteiger partial charge in [-0.1, -0.05) is 19.3 Å². The fourth-order valence-corrected chi connectivity index (χ4v) is 1.81. The third-order valence-electron chi connectivity index (χ3n) is 2.73. The third kappa shape index (κ3) is 1.47. The fourth-order valence-electron chi connectivity index (χ4n) is 1.81. The number of rotatable bonds is 2. The summed E-state index contributed by atoms with van der Waals surface area (Å²) in [6, 6.07) is 0. The van der Waals surface area contributed by atoms with E-state index in [0.717, 1.165) is 19.3 Å². The number of hydrogen-bond acceptors (Lipinski definition) is 3. The van der Waals surface area contributed by atoms with Gasteiger partial charge in [-0.15, -0.1) is 0 Å². The van der Waals surface area contributed by atoms with Crippen molar-refractivity contribution < 1.29 is 14.8 Å². The number of amides is 1. The lowest BCUT2D eigenvalue weighted by molar-refractivity contribution is -0.122. The van der Waals surface area contributed by atoms with Gasteiger partial charge < -0.3 is 15.8 Å². The highest BCUT2D eigenvalue weighted by molar-refractivity contribution is 6.52. The largest absolute Gasteiger partial charge is 0.467 e. The monoisotopic (exact) mass is 171 g/mol. The molecule has 0 atom stereocenters. The van der Waals surface area contributed by atoms with Crippen LogP contribution < -0.4 is 5.73 Å². The molecule has 68 valence electrons. The van der Waals surface area contributed by atoms with Crippen LogP contribution in [0.4, 0.5) is 0 Å². The Hall–Kier alpha value is -0.545. The molecule has 0 radical (unpaired) electrons. The minimum Gasteiger partial charge on any atom is -0.426 e. The lowest BCUT2D eigenvalue weighted by atomic mass is 9.51. The molecular formula is C7H14BNO3. The van der Waals surface area contributed by atoms with Crippen molar-refractivity contribution >= 4 is 13.0 Å². The quantitative estimate of drug-likeness (QED) is 0.496. The van der Waals surface area contributed by atoms with Gasteiger partial charge in [0.1, 0.15) is 0 Å². The summed E-state index contributed by atoms with van der Waals surface area (Å²) >= 11 is 0. The molecule has 0 aromatic heterocycles. The Labute approximate surface area is 71.9 Å². The molecule has 1 amide bonds. The van der Waals surface area contributed by atoms with Crippen molar-refractivity contribution in [1.82, 2.24) is 0 Å². The van der Waals surface area contributed by atoms with Crippen LogP contribution in [0.25, 0.3) is 0 Å². The van der Waals surface area contributed by atoms with Crippen LogP contribution in [0.1, 0.15) is 32.1 Å². The molecule has 0 aromatic carbocycles. The van der Waals surface area contributed by atoms with Crippen molar-refractivity contribution in [2.45, 2.75) is 37.4 Å². The van der Waals surface area contributed by atoms with Crippen LogP contribution >= 0.6 is 0 Å². The topological polar surface area (TPSA) is 83.6 Å². The Kier molecular flexibility index (Phi) is 2.74. The fraction of sp³-hybridized carbons (Fsp3) is 0.857. The molecule has 0 heterocycles. The molecule has 0 unspecified atom stereocenters. The van der Waals surface area contributed by atoms with Crippen LogP contribution in [0.5, 0.6) is 0 Å². The van der Waals surface area contributed by atoms with Gasteiger partial charge in [0, 0.05) is 0 Å². The van der Waals surface area contributed by atoms with Gasteiger partial charge in [-0.05, 0) is 12.8 Å². The van der Waals surface area contributed by atoms with Crippen molar-refractivity contribution in [3.8, 4) is 0 Å². The highest BCUT2D eigenvalue weighted by Gasteiger charge is 2.47. The number of nitrogens with two attached hydrogens (primary N) is 1. The third-order valence-corrected chi connectivity index (χ3v) is 2.73. The zero-order valence-corrected chi connectivity index (χ0v) is 6.99. The van der Waals surface area contributed by atoms with Crippen molar-refractivity contribution in [3.63, 3.8) is 0 Å².